The Balaban J connectivity index is 1.35. The summed E-state index contributed by atoms with van der Waals surface area (Å²) in [6.07, 6.45) is 2.96. The second kappa shape index (κ2) is 11.2. The summed E-state index contributed by atoms with van der Waals surface area (Å²) in [5.74, 6) is 0.182. The summed E-state index contributed by atoms with van der Waals surface area (Å²) in [5.41, 5.74) is 2.77. The molecule has 166 valence electrons. The quantitative estimate of drug-likeness (QED) is 0.660. The van der Waals surface area contributed by atoms with Gasteiger partial charge in [0.2, 0.25) is 5.91 Å². The number of nitrogens with one attached hydrogen (secondary N) is 1. The molecule has 0 aliphatic carbocycles. The largest absolute Gasteiger partial charge is 0.371 e. The molecule has 0 unspecified atom stereocenters. The number of nitrogens with zero attached hydrogens (tertiary/aromatic N) is 4. The van der Waals surface area contributed by atoms with Gasteiger partial charge in [0.05, 0.1) is 6.54 Å². The van der Waals surface area contributed by atoms with Crippen molar-refractivity contribution in [3.05, 3.63) is 29.8 Å². The van der Waals surface area contributed by atoms with Crippen LogP contribution in [0, 0.1) is 0 Å². The molecule has 3 rings (SSSR count). The van der Waals surface area contributed by atoms with E-state index in [4.69, 9.17) is 0 Å². The van der Waals surface area contributed by atoms with Crippen molar-refractivity contribution in [2.75, 3.05) is 70.3 Å². The first-order valence-corrected chi connectivity index (χ1v) is 11.5. The number of fused-ring (bicyclic) bond motifs is 1. The van der Waals surface area contributed by atoms with Crippen molar-refractivity contribution >= 4 is 17.6 Å². The van der Waals surface area contributed by atoms with Gasteiger partial charge < -0.3 is 20.0 Å². The molecule has 7 heteroatoms. The van der Waals surface area contributed by atoms with Gasteiger partial charge in [0.15, 0.2) is 0 Å². The fraction of sp³-hybridized carbons (Fsp3) is 0.652. The molecule has 2 aliphatic heterocycles. The molecular weight excluding hydrogens is 378 g/mol. The van der Waals surface area contributed by atoms with Gasteiger partial charge in [-0.2, -0.15) is 0 Å². The molecule has 1 fully saturated rings. The molecule has 30 heavy (non-hydrogen) atoms. The van der Waals surface area contributed by atoms with Crippen LogP contribution in [-0.4, -0.2) is 92.1 Å². The minimum atomic E-state index is 0.0220. The number of hydrogen-bond acceptors (Lipinski definition) is 4. The van der Waals surface area contributed by atoms with Crippen LogP contribution in [0.2, 0.25) is 0 Å². The van der Waals surface area contributed by atoms with Crippen LogP contribution in [-0.2, 0) is 11.2 Å². The minimum absolute atomic E-state index is 0.0220. The van der Waals surface area contributed by atoms with E-state index in [1.54, 1.807) is 0 Å². The van der Waals surface area contributed by atoms with Crippen molar-refractivity contribution in [3.8, 4) is 0 Å². The maximum Gasteiger partial charge on any atom is 0.317 e. The molecule has 0 bridgehead atoms. The number of carbonyl (C=O) groups is 2. The Bertz CT molecular complexity index is 707. The van der Waals surface area contributed by atoms with Crippen molar-refractivity contribution < 1.29 is 9.59 Å². The molecule has 1 N–H and O–H groups in total. The molecule has 1 aromatic carbocycles. The molecule has 7 nitrogen and oxygen atoms in total. The molecule has 2 aliphatic rings. The Morgan fingerprint density at radius 2 is 1.83 bits per heavy atom. The lowest BCUT2D eigenvalue weighted by Crippen LogP contribution is -2.44. The molecule has 0 saturated carbocycles. The maximum absolute atomic E-state index is 12.6. The standard InChI is InChI=1S/C23H37N5O2/c1-3-26(4-2)22(29)19-25-13-8-15-28(18-17-25)23(30)24-12-7-14-27-16-11-20-9-5-6-10-21(20)27/h5-6,9-10H,3-4,7-8,11-19H2,1-2H3,(H,24,30). The van der Waals surface area contributed by atoms with Crippen molar-refractivity contribution in [2.45, 2.75) is 33.1 Å². The lowest BCUT2D eigenvalue weighted by molar-refractivity contribution is -0.132. The molecule has 2 heterocycles. The Morgan fingerprint density at radius 1 is 1.03 bits per heavy atom. The Labute approximate surface area is 181 Å². The molecule has 0 aromatic heterocycles. The normalized spacial score (nSPS) is 16.9. The van der Waals surface area contributed by atoms with Crippen molar-refractivity contribution in [3.63, 3.8) is 0 Å². The number of hydrogen-bond donors (Lipinski definition) is 1. The highest BCUT2D eigenvalue weighted by Gasteiger charge is 2.22. The Morgan fingerprint density at radius 3 is 2.63 bits per heavy atom. The van der Waals surface area contributed by atoms with Crippen LogP contribution in [0.1, 0.15) is 32.3 Å². The average molecular weight is 416 g/mol. The molecule has 1 aromatic rings. The highest BCUT2D eigenvalue weighted by atomic mass is 16.2. The average Bonchev–Trinajstić information content (AvgIpc) is 3.02. The van der Waals surface area contributed by atoms with Gasteiger partial charge in [-0.05, 0) is 44.7 Å². The lowest BCUT2D eigenvalue weighted by atomic mass is 10.2. The highest BCUT2D eigenvalue weighted by molar-refractivity contribution is 5.78. The number of carbonyl (C=O) groups excluding carboxylic acids is 2. The summed E-state index contributed by atoms with van der Waals surface area (Å²) >= 11 is 0. The summed E-state index contributed by atoms with van der Waals surface area (Å²) in [6, 6.07) is 8.61. The third-order valence-corrected chi connectivity index (χ3v) is 6.22. The minimum Gasteiger partial charge on any atom is -0.371 e. The zero-order valence-electron chi connectivity index (χ0n) is 18.6. The van der Waals surface area contributed by atoms with Crippen LogP contribution in [0.5, 0.6) is 0 Å². The first-order valence-electron chi connectivity index (χ1n) is 11.5. The SMILES string of the molecule is CCN(CC)C(=O)CN1CCCN(C(=O)NCCCN2CCc3ccccc32)CC1. The van der Waals surface area contributed by atoms with E-state index in [0.29, 0.717) is 19.6 Å². The summed E-state index contributed by atoms with van der Waals surface area (Å²) in [5, 5.41) is 3.09. The molecule has 3 amide bonds. The van der Waals surface area contributed by atoms with E-state index in [9.17, 15) is 9.59 Å². The van der Waals surface area contributed by atoms with Crippen LogP contribution in [0.25, 0.3) is 0 Å². The number of anilines is 1. The van der Waals surface area contributed by atoms with E-state index in [1.165, 1.54) is 11.3 Å². The zero-order chi connectivity index (χ0) is 21.3. The van der Waals surface area contributed by atoms with E-state index in [1.807, 2.05) is 23.6 Å². The monoisotopic (exact) mass is 415 g/mol. The zero-order valence-corrected chi connectivity index (χ0v) is 18.6. The van der Waals surface area contributed by atoms with Crippen molar-refractivity contribution in [1.82, 2.24) is 20.0 Å². The van der Waals surface area contributed by atoms with Gasteiger partial charge in [0, 0.05) is 64.6 Å². The number of amides is 3. The summed E-state index contributed by atoms with van der Waals surface area (Å²) in [4.78, 5) is 33.3. The van der Waals surface area contributed by atoms with E-state index in [2.05, 4.69) is 39.4 Å². The van der Waals surface area contributed by atoms with Crippen LogP contribution in [0.15, 0.2) is 24.3 Å². The van der Waals surface area contributed by atoms with Gasteiger partial charge in [0.25, 0.3) is 0 Å². The van der Waals surface area contributed by atoms with E-state index in [0.717, 1.165) is 65.1 Å². The fourth-order valence-corrected chi connectivity index (χ4v) is 4.42. The van der Waals surface area contributed by atoms with E-state index < -0.39 is 0 Å². The lowest BCUT2D eigenvalue weighted by Gasteiger charge is -2.25. The first-order chi connectivity index (χ1) is 14.6. The van der Waals surface area contributed by atoms with Gasteiger partial charge in [0.1, 0.15) is 0 Å². The molecule has 0 spiro atoms. The molecule has 1 saturated heterocycles. The predicted octanol–water partition coefficient (Wildman–Crippen LogP) is 2.02. The van der Waals surface area contributed by atoms with E-state index in [-0.39, 0.29) is 11.9 Å². The molecule has 0 atom stereocenters. The molecule has 0 radical (unpaired) electrons. The predicted molar refractivity (Wildman–Crippen MR) is 121 cm³/mol. The third-order valence-electron chi connectivity index (χ3n) is 6.22. The number of likely N-dealkylation sites (N-methyl/N-ethyl adjacent to an activating group) is 1. The Hall–Kier alpha value is -2.28. The maximum atomic E-state index is 12.6. The number of urea groups is 1. The topological polar surface area (TPSA) is 59.1 Å². The second-order valence-corrected chi connectivity index (χ2v) is 8.13. The van der Waals surface area contributed by atoms with Crippen LogP contribution >= 0.6 is 0 Å². The number of benzene rings is 1. The fourth-order valence-electron chi connectivity index (χ4n) is 4.42. The van der Waals surface area contributed by atoms with Crippen LogP contribution < -0.4 is 10.2 Å². The second-order valence-electron chi connectivity index (χ2n) is 8.13. The van der Waals surface area contributed by atoms with Crippen LogP contribution in [0.3, 0.4) is 0 Å². The summed E-state index contributed by atoms with van der Waals surface area (Å²) < 4.78 is 0. The smallest absolute Gasteiger partial charge is 0.317 e. The van der Waals surface area contributed by atoms with Gasteiger partial charge in [-0.1, -0.05) is 18.2 Å². The highest BCUT2D eigenvalue weighted by Crippen LogP contribution is 2.27. The van der Waals surface area contributed by atoms with E-state index >= 15 is 0 Å². The van der Waals surface area contributed by atoms with Crippen molar-refractivity contribution in [2.24, 2.45) is 0 Å². The van der Waals surface area contributed by atoms with Gasteiger partial charge in [-0.3, -0.25) is 9.69 Å². The van der Waals surface area contributed by atoms with Gasteiger partial charge in [-0.15, -0.1) is 0 Å². The summed E-state index contributed by atoms with van der Waals surface area (Å²) in [6.45, 7) is 11.8. The van der Waals surface area contributed by atoms with Crippen LogP contribution in [0.4, 0.5) is 10.5 Å². The Kier molecular flexibility index (Phi) is 8.37. The third kappa shape index (κ3) is 5.88. The number of rotatable bonds is 8. The van der Waals surface area contributed by atoms with Crippen molar-refractivity contribution in [1.29, 1.82) is 0 Å². The molecular formula is C23H37N5O2. The van der Waals surface area contributed by atoms with Gasteiger partial charge >= 0.3 is 6.03 Å². The van der Waals surface area contributed by atoms with Gasteiger partial charge in [-0.25, -0.2) is 4.79 Å². The number of para-hydroxylation sites is 1. The summed E-state index contributed by atoms with van der Waals surface area (Å²) in [7, 11) is 0. The first kappa shape index (κ1) is 22.4.